The second kappa shape index (κ2) is 7.34. The molecule has 0 saturated heterocycles. The van der Waals surface area contributed by atoms with Crippen LogP contribution in [0.25, 0.3) is 0 Å². The first-order chi connectivity index (χ1) is 11.2. The van der Waals surface area contributed by atoms with Crippen molar-refractivity contribution in [2.45, 2.75) is 11.8 Å². The summed E-state index contributed by atoms with van der Waals surface area (Å²) in [6.07, 6.45) is 1.32. The molecule has 5 nitrogen and oxygen atoms in total. The minimum absolute atomic E-state index is 0.0395. The Morgan fingerprint density at radius 3 is 2.12 bits per heavy atom. The third-order valence-corrected chi connectivity index (χ3v) is 5.42. The van der Waals surface area contributed by atoms with Crippen LogP contribution in [0.4, 0.5) is 4.79 Å². The normalized spacial score (nSPS) is 13.0. The van der Waals surface area contributed by atoms with Gasteiger partial charge in [-0.3, -0.25) is 10.1 Å². The van der Waals surface area contributed by atoms with E-state index in [1.807, 2.05) is 12.2 Å². The summed E-state index contributed by atoms with van der Waals surface area (Å²) in [6, 6.07) is 10.3. The molecule has 0 aliphatic carbocycles. The SMILES string of the molecule is Cc1ccc(S(C)(=O)=NC(=O)NC(=O)c2c(Cl)cccc2Cl)cc1. The average Bonchev–Trinajstić information content (AvgIpc) is 2.46. The van der Waals surface area contributed by atoms with E-state index in [9.17, 15) is 13.8 Å². The van der Waals surface area contributed by atoms with Crippen molar-refractivity contribution in [1.29, 1.82) is 0 Å². The van der Waals surface area contributed by atoms with Crippen LogP contribution in [0.5, 0.6) is 0 Å². The predicted octanol–water partition coefficient (Wildman–Crippen LogP) is 4.31. The van der Waals surface area contributed by atoms with Crippen molar-refractivity contribution in [3.8, 4) is 0 Å². The molecule has 126 valence electrons. The monoisotopic (exact) mass is 384 g/mol. The maximum atomic E-state index is 12.6. The summed E-state index contributed by atoms with van der Waals surface area (Å²) in [5.41, 5.74) is 0.948. The number of hydrogen-bond donors (Lipinski definition) is 1. The zero-order valence-electron chi connectivity index (χ0n) is 12.9. The van der Waals surface area contributed by atoms with E-state index in [-0.39, 0.29) is 15.6 Å². The lowest BCUT2D eigenvalue weighted by molar-refractivity contribution is 0.0966. The molecule has 1 unspecified atom stereocenters. The van der Waals surface area contributed by atoms with Crippen molar-refractivity contribution in [3.05, 3.63) is 63.6 Å². The van der Waals surface area contributed by atoms with Gasteiger partial charge in [0, 0.05) is 11.2 Å². The van der Waals surface area contributed by atoms with Crippen LogP contribution in [0.1, 0.15) is 15.9 Å². The van der Waals surface area contributed by atoms with Crippen molar-refractivity contribution in [3.63, 3.8) is 0 Å². The summed E-state index contributed by atoms with van der Waals surface area (Å²) in [7, 11) is -2.98. The summed E-state index contributed by atoms with van der Waals surface area (Å²) < 4.78 is 16.2. The standard InChI is InChI=1S/C16H14Cl2N2O3S/c1-10-6-8-11(9-7-10)24(2,23)20-16(22)19-15(21)14-12(17)4-3-5-13(14)18/h3-9H,1-2H3,(H,19,21,22). The number of nitrogens with zero attached hydrogens (tertiary/aromatic N) is 1. The first-order valence-electron chi connectivity index (χ1n) is 6.79. The van der Waals surface area contributed by atoms with E-state index in [2.05, 4.69) is 4.36 Å². The first-order valence-corrected chi connectivity index (χ1v) is 9.47. The van der Waals surface area contributed by atoms with Gasteiger partial charge in [-0.15, -0.1) is 4.36 Å². The molecule has 1 atom stereocenters. The molecule has 0 radical (unpaired) electrons. The number of aryl methyl sites for hydroxylation is 1. The van der Waals surface area contributed by atoms with Crippen molar-refractivity contribution in [2.24, 2.45) is 4.36 Å². The molecule has 0 heterocycles. The minimum Gasteiger partial charge on any atom is -0.271 e. The fourth-order valence-corrected chi connectivity index (χ4v) is 3.58. The smallest absolute Gasteiger partial charge is 0.271 e. The molecule has 24 heavy (non-hydrogen) atoms. The Labute approximate surface area is 150 Å². The number of urea groups is 1. The topological polar surface area (TPSA) is 75.6 Å². The van der Waals surface area contributed by atoms with E-state index in [1.54, 1.807) is 30.3 Å². The Hall–Kier alpha value is -1.89. The number of hydrogen-bond acceptors (Lipinski definition) is 3. The van der Waals surface area contributed by atoms with Gasteiger partial charge in [-0.2, -0.15) is 0 Å². The third-order valence-electron chi connectivity index (χ3n) is 3.13. The van der Waals surface area contributed by atoms with Crippen LogP contribution in [0.2, 0.25) is 10.0 Å². The van der Waals surface area contributed by atoms with E-state index >= 15 is 0 Å². The Bertz CT molecular complexity index is 897. The Balaban J connectivity index is 2.25. The highest BCUT2D eigenvalue weighted by molar-refractivity contribution is 7.93. The van der Waals surface area contributed by atoms with Crippen molar-refractivity contribution >= 4 is 44.9 Å². The number of imide groups is 1. The van der Waals surface area contributed by atoms with Crippen LogP contribution in [0.3, 0.4) is 0 Å². The lowest BCUT2D eigenvalue weighted by atomic mass is 10.2. The molecule has 0 bridgehead atoms. The van der Waals surface area contributed by atoms with Gasteiger partial charge in [0.2, 0.25) is 0 Å². The molecule has 0 aromatic heterocycles. The highest BCUT2D eigenvalue weighted by Crippen LogP contribution is 2.24. The van der Waals surface area contributed by atoms with Crippen molar-refractivity contribution in [2.75, 3.05) is 6.26 Å². The number of carbonyl (C=O) groups is 2. The number of amides is 3. The van der Waals surface area contributed by atoms with Gasteiger partial charge in [-0.05, 0) is 31.2 Å². The van der Waals surface area contributed by atoms with E-state index in [0.29, 0.717) is 4.90 Å². The number of halogens is 2. The largest absolute Gasteiger partial charge is 0.356 e. The zero-order valence-corrected chi connectivity index (χ0v) is 15.2. The second-order valence-corrected chi connectivity index (χ2v) is 8.14. The average molecular weight is 385 g/mol. The van der Waals surface area contributed by atoms with Crippen LogP contribution >= 0.6 is 23.2 Å². The molecule has 0 aliphatic heterocycles. The van der Waals surface area contributed by atoms with Crippen LogP contribution < -0.4 is 5.32 Å². The summed E-state index contributed by atoms with van der Waals surface area (Å²) in [4.78, 5) is 24.4. The number of nitrogens with one attached hydrogen (secondary N) is 1. The summed E-state index contributed by atoms with van der Waals surface area (Å²) in [6.45, 7) is 1.89. The van der Waals surface area contributed by atoms with Crippen LogP contribution in [-0.4, -0.2) is 22.4 Å². The highest BCUT2D eigenvalue weighted by atomic mass is 35.5. The molecule has 1 N–H and O–H groups in total. The van der Waals surface area contributed by atoms with E-state index in [1.165, 1.54) is 18.4 Å². The number of benzene rings is 2. The Morgan fingerprint density at radius 1 is 1.04 bits per heavy atom. The summed E-state index contributed by atoms with van der Waals surface area (Å²) >= 11 is 11.8. The van der Waals surface area contributed by atoms with Crippen molar-refractivity contribution < 1.29 is 13.8 Å². The maximum Gasteiger partial charge on any atom is 0.356 e. The van der Waals surface area contributed by atoms with Crippen LogP contribution in [0, 0.1) is 6.92 Å². The maximum absolute atomic E-state index is 12.6. The summed E-state index contributed by atoms with van der Waals surface area (Å²) in [5, 5.41) is 2.22. The lowest BCUT2D eigenvalue weighted by Crippen LogP contribution is -2.29. The van der Waals surface area contributed by atoms with Gasteiger partial charge >= 0.3 is 6.03 Å². The fraction of sp³-hybridized carbons (Fsp3) is 0.125. The van der Waals surface area contributed by atoms with Crippen LogP contribution in [0.15, 0.2) is 51.7 Å². The second-order valence-electron chi connectivity index (χ2n) is 5.06. The van der Waals surface area contributed by atoms with Gasteiger partial charge < -0.3 is 0 Å². The van der Waals surface area contributed by atoms with E-state index in [4.69, 9.17) is 23.2 Å². The van der Waals surface area contributed by atoms with E-state index < -0.39 is 21.7 Å². The van der Waals surface area contributed by atoms with Gasteiger partial charge in [-0.25, -0.2) is 9.00 Å². The Kier molecular flexibility index (Phi) is 5.64. The molecule has 8 heteroatoms. The fourth-order valence-electron chi connectivity index (χ4n) is 1.90. The molecule has 3 amide bonds. The molecule has 0 spiro atoms. The first kappa shape index (κ1) is 18.4. The number of carbonyl (C=O) groups excluding carboxylic acids is 2. The molecule has 2 aromatic rings. The van der Waals surface area contributed by atoms with Crippen LogP contribution in [-0.2, 0) is 9.73 Å². The quantitative estimate of drug-likeness (QED) is 0.837. The molecule has 2 rings (SSSR count). The molecular formula is C16H14Cl2N2O3S. The molecule has 0 fully saturated rings. The van der Waals surface area contributed by atoms with Gasteiger partial charge in [0.1, 0.15) is 0 Å². The lowest BCUT2D eigenvalue weighted by Gasteiger charge is -2.07. The minimum atomic E-state index is -2.98. The number of rotatable bonds is 2. The Morgan fingerprint density at radius 2 is 1.58 bits per heavy atom. The molecule has 0 saturated carbocycles. The van der Waals surface area contributed by atoms with Gasteiger partial charge in [-0.1, -0.05) is 47.0 Å². The molecular weight excluding hydrogens is 371 g/mol. The summed E-state index contributed by atoms with van der Waals surface area (Å²) in [5.74, 6) is -0.807. The predicted molar refractivity (Wildman–Crippen MR) is 95.3 cm³/mol. The van der Waals surface area contributed by atoms with Gasteiger partial charge in [0.15, 0.2) is 0 Å². The highest BCUT2D eigenvalue weighted by Gasteiger charge is 2.18. The van der Waals surface area contributed by atoms with Crippen molar-refractivity contribution in [1.82, 2.24) is 5.32 Å². The molecule has 0 aliphatic rings. The molecule has 2 aromatic carbocycles. The third kappa shape index (κ3) is 4.35. The van der Waals surface area contributed by atoms with Gasteiger partial charge in [0.05, 0.1) is 25.3 Å². The van der Waals surface area contributed by atoms with Gasteiger partial charge in [0.25, 0.3) is 5.91 Å². The zero-order chi connectivity index (χ0) is 17.9. The van der Waals surface area contributed by atoms with E-state index in [0.717, 1.165) is 5.56 Å².